The van der Waals surface area contributed by atoms with Crippen LogP contribution in [0.25, 0.3) is 11.0 Å². The number of aliphatic carboxylic acids is 1. The molecule has 1 aliphatic heterocycles. The number of rotatable bonds is 9. The summed E-state index contributed by atoms with van der Waals surface area (Å²) in [4.78, 5) is 16.4. The molecule has 0 fully saturated rings. The molecule has 0 bridgehead atoms. The molecule has 0 spiro atoms. The number of carboxylic acids is 1. The first kappa shape index (κ1) is 30.0. The molecular weight excluding hydrogens is 493 g/mol. The van der Waals surface area contributed by atoms with E-state index in [1.54, 1.807) is 0 Å². The minimum absolute atomic E-state index is 0. The minimum Gasteiger partial charge on any atom is -0.481 e. The number of imidazole rings is 1. The van der Waals surface area contributed by atoms with Crippen LogP contribution in [0.15, 0.2) is 49.3 Å². The van der Waals surface area contributed by atoms with Gasteiger partial charge in [-0.1, -0.05) is 30.3 Å². The van der Waals surface area contributed by atoms with E-state index in [0.29, 0.717) is 0 Å². The average molecular weight is 527 g/mol. The minimum atomic E-state index is -0.784. The quantitative estimate of drug-likeness (QED) is 0.257. The largest absolute Gasteiger partial charge is 0.481 e. The molecule has 0 amide bonds. The molecule has 0 saturated heterocycles. The second-order valence-corrected chi connectivity index (χ2v) is 8.48. The molecule has 2 N–H and O–H groups in total. The Morgan fingerprint density at radius 2 is 2.00 bits per heavy atom. The number of unbranched alkanes of at least 4 members (excludes halogenated alkanes) is 2. The molecule has 1 aliphatic rings. The van der Waals surface area contributed by atoms with E-state index in [1.165, 1.54) is 11.1 Å². The van der Waals surface area contributed by atoms with Crippen LogP contribution in [-0.2, 0) is 24.3 Å². The Labute approximate surface area is 220 Å². The summed E-state index contributed by atoms with van der Waals surface area (Å²) in [5.41, 5.74) is 7.91. The number of hydrogen-bond acceptors (Lipinski definition) is 3. The topological polar surface area (TPSA) is 67.2 Å². The number of carboxylic acid groups (broad SMARTS) is 1. The van der Waals surface area contributed by atoms with Crippen LogP contribution < -0.4 is 5.32 Å². The summed E-state index contributed by atoms with van der Waals surface area (Å²) < 4.78 is 2.20. The fourth-order valence-corrected chi connectivity index (χ4v) is 4.71. The van der Waals surface area contributed by atoms with Gasteiger partial charge in [-0.25, -0.2) is 4.98 Å². The Morgan fingerprint density at radius 3 is 2.74 bits per heavy atom. The number of carbonyl (C=O) groups is 1. The van der Waals surface area contributed by atoms with Gasteiger partial charge in [0.05, 0.1) is 23.8 Å². The van der Waals surface area contributed by atoms with Crippen LogP contribution >= 0.6 is 37.2 Å². The molecule has 4 rings (SSSR count). The number of nitrogens with zero attached hydrogens (tertiary/aromatic N) is 2. The summed E-state index contributed by atoms with van der Waals surface area (Å²) in [6.07, 6.45) is 8.20. The lowest BCUT2D eigenvalue weighted by Crippen LogP contribution is -2.24. The molecule has 0 saturated carbocycles. The number of allylic oxidation sites excluding steroid dienone is 1. The highest BCUT2D eigenvalue weighted by atomic mass is 35.5. The maximum atomic E-state index is 11.8. The van der Waals surface area contributed by atoms with Gasteiger partial charge in [0.15, 0.2) is 0 Å². The van der Waals surface area contributed by atoms with Gasteiger partial charge in [-0.2, -0.15) is 0 Å². The summed E-state index contributed by atoms with van der Waals surface area (Å²) >= 11 is 0. The average Bonchev–Trinajstić information content (AvgIpc) is 3.19. The Balaban J connectivity index is 0.00000193. The first-order valence-corrected chi connectivity index (χ1v) is 11.2. The van der Waals surface area contributed by atoms with Crippen molar-refractivity contribution in [2.24, 2.45) is 0 Å². The van der Waals surface area contributed by atoms with Crippen LogP contribution in [0.5, 0.6) is 0 Å². The summed E-state index contributed by atoms with van der Waals surface area (Å²) in [6, 6.07) is 10.7. The molecule has 5 nitrogen and oxygen atoms in total. The van der Waals surface area contributed by atoms with Crippen molar-refractivity contribution in [2.75, 3.05) is 6.54 Å². The van der Waals surface area contributed by atoms with E-state index in [2.05, 4.69) is 58.7 Å². The van der Waals surface area contributed by atoms with E-state index in [-0.39, 0.29) is 49.6 Å². The highest BCUT2D eigenvalue weighted by Crippen LogP contribution is 2.35. The van der Waals surface area contributed by atoms with Gasteiger partial charge in [-0.15, -0.1) is 43.8 Å². The molecule has 0 aliphatic carbocycles. The Hall–Kier alpha value is -2.05. The molecule has 1 atom stereocenters. The van der Waals surface area contributed by atoms with Crippen molar-refractivity contribution >= 4 is 54.2 Å². The van der Waals surface area contributed by atoms with Crippen LogP contribution in [0.3, 0.4) is 0 Å². The molecule has 1 aromatic heterocycles. The molecular formula is C26H34Cl3N3O2. The second-order valence-electron chi connectivity index (χ2n) is 8.48. The zero-order valence-corrected chi connectivity index (χ0v) is 21.9. The lowest BCUT2D eigenvalue weighted by atomic mass is 9.83. The number of aromatic nitrogens is 2. The van der Waals surface area contributed by atoms with Gasteiger partial charge in [-0.05, 0) is 73.0 Å². The van der Waals surface area contributed by atoms with E-state index in [9.17, 15) is 9.90 Å². The standard InChI is InChI=1S/C26H31N3O2.3ClH/c1-3-4-5-6-13-29-17-28-26-18(2)22(9-10-24(26)29)23(15-25(30)31)20-8-7-19-11-12-27-16-21(19)14-20;;;/h3,7-10,14,17,23,27H,1,4-6,11-13,15-16H2,2H3,(H,30,31);3*1H/t23-;;;/m1.../s1. The van der Waals surface area contributed by atoms with Crippen molar-refractivity contribution in [1.82, 2.24) is 14.9 Å². The summed E-state index contributed by atoms with van der Waals surface area (Å²) in [5, 5.41) is 13.1. The lowest BCUT2D eigenvalue weighted by Gasteiger charge is -2.23. The van der Waals surface area contributed by atoms with E-state index in [4.69, 9.17) is 0 Å². The third-order valence-corrected chi connectivity index (χ3v) is 6.42. The molecule has 2 heterocycles. The van der Waals surface area contributed by atoms with Gasteiger partial charge in [0.2, 0.25) is 0 Å². The van der Waals surface area contributed by atoms with E-state index >= 15 is 0 Å². The number of hydrogen-bond donors (Lipinski definition) is 2. The second kappa shape index (κ2) is 13.7. The predicted molar refractivity (Wildman–Crippen MR) is 146 cm³/mol. The van der Waals surface area contributed by atoms with Gasteiger partial charge in [0.25, 0.3) is 0 Å². The van der Waals surface area contributed by atoms with Crippen molar-refractivity contribution in [2.45, 2.75) is 58.0 Å². The van der Waals surface area contributed by atoms with Gasteiger partial charge in [0, 0.05) is 19.0 Å². The Morgan fingerprint density at radius 1 is 1.21 bits per heavy atom. The van der Waals surface area contributed by atoms with Crippen LogP contribution in [0.4, 0.5) is 0 Å². The number of benzene rings is 2. The van der Waals surface area contributed by atoms with Crippen molar-refractivity contribution in [3.05, 3.63) is 77.1 Å². The maximum Gasteiger partial charge on any atom is 0.304 e. The third kappa shape index (κ3) is 6.54. The highest BCUT2D eigenvalue weighted by molar-refractivity contribution is 5.86. The first-order chi connectivity index (χ1) is 15.1. The molecule has 0 unspecified atom stereocenters. The number of nitrogens with one attached hydrogen (secondary N) is 1. The predicted octanol–water partition coefficient (Wildman–Crippen LogP) is 6.22. The number of fused-ring (bicyclic) bond motifs is 2. The van der Waals surface area contributed by atoms with Gasteiger partial charge >= 0.3 is 5.97 Å². The van der Waals surface area contributed by atoms with Gasteiger partial charge in [0.1, 0.15) is 0 Å². The Kier molecular flexibility index (Phi) is 12.1. The summed E-state index contributed by atoms with van der Waals surface area (Å²) in [6.45, 7) is 8.63. The molecule has 2 aromatic carbocycles. The van der Waals surface area contributed by atoms with Gasteiger partial charge < -0.3 is 15.0 Å². The molecule has 8 heteroatoms. The highest BCUT2D eigenvalue weighted by Gasteiger charge is 2.23. The van der Waals surface area contributed by atoms with Crippen molar-refractivity contribution in [3.8, 4) is 0 Å². The Bertz CT molecular complexity index is 1110. The number of aryl methyl sites for hydroxylation is 2. The van der Waals surface area contributed by atoms with Crippen LogP contribution in [0.2, 0.25) is 0 Å². The van der Waals surface area contributed by atoms with Crippen LogP contribution in [0, 0.1) is 6.92 Å². The molecule has 0 radical (unpaired) electrons. The van der Waals surface area contributed by atoms with E-state index < -0.39 is 5.97 Å². The fraction of sp³-hybridized carbons (Fsp3) is 0.385. The lowest BCUT2D eigenvalue weighted by molar-refractivity contribution is -0.137. The number of halogens is 3. The van der Waals surface area contributed by atoms with Crippen LogP contribution in [-0.4, -0.2) is 27.2 Å². The maximum absolute atomic E-state index is 11.8. The molecule has 34 heavy (non-hydrogen) atoms. The van der Waals surface area contributed by atoms with Crippen molar-refractivity contribution < 1.29 is 9.90 Å². The van der Waals surface area contributed by atoms with Gasteiger partial charge in [-0.3, -0.25) is 4.79 Å². The van der Waals surface area contributed by atoms with E-state index in [0.717, 1.165) is 73.0 Å². The molecule has 186 valence electrons. The van der Waals surface area contributed by atoms with Crippen LogP contribution in [0.1, 0.15) is 59.4 Å². The van der Waals surface area contributed by atoms with Crippen molar-refractivity contribution in [1.29, 1.82) is 0 Å². The summed E-state index contributed by atoms with van der Waals surface area (Å²) in [7, 11) is 0. The zero-order chi connectivity index (χ0) is 21.8. The fourth-order valence-electron chi connectivity index (χ4n) is 4.71. The molecule has 3 aromatic rings. The summed E-state index contributed by atoms with van der Waals surface area (Å²) in [5.74, 6) is -0.972. The van der Waals surface area contributed by atoms with E-state index in [1.807, 2.05) is 12.4 Å². The monoisotopic (exact) mass is 525 g/mol. The normalized spacial score (nSPS) is 13.1. The zero-order valence-electron chi connectivity index (χ0n) is 19.5. The third-order valence-electron chi connectivity index (χ3n) is 6.42. The first-order valence-electron chi connectivity index (χ1n) is 11.2. The van der Waals surface area contributed by atoms with Crippen molar-refractivity contribution in [3.63, 3.8) is 0 Å². The smallest absolute Gasteiger partial charge is 0.304 e. The SMILES string of the molecule is C=CCCCCn1cnc2c(C)c([C@H](CC(=O)O)c3ccc4c(c3)CNCC4)ccc21.Cl.Cl.Cl.